The van der Waals surface area contributed by atoms with Crippen LogP contribution in [-0.2, 0) is 0 Å². The van der Waals surface area contributed by atoms with Gasteiger partial charge in [-0.2, -0.15) is 0 Å². The second-order valence-corrected chi connectivity index (χ2v) is 4.22. The topological polar surface area (TPSA) is 80.0 Å². The number of carbonyl (C=O) groups is 1. The van der Waals surface area contributed by atoms with Crippen LogP contribution in [0.5, 0.6) is 0 Å². The van der Waals surface area contributed by atoms with Crippen molar-refractivity contribution in [3.05, 3.63) is 23.9 Å². The summed E-state index contributed by atoms with van der Waals surface area (Å²) in [4.78, 5) is 15.9. The number of hydrazine groups is 1. The van der Waals surface area contributed by atoms with Crippen LogP contribution in [0, 0.1) is 5.92 Å². The number of anilines is 1. The molecule has 5 nitrogen and oxygen atoms in total. The summed E-state index contributed by atoms with van der Waals surface area (Å²) in [6, 6.07) is 3.52. The molecule has 0 radical (unpaired) electrons. The van der Waals surface area contributed by atoms with E-state index in [-0.39, 0.29) is 11.9 Å². The number of carbonyl (C=O) groups excluding carboxylic acids is 1. The Balaban J connectivity index is 2.63. The van der Waals surface area contributed by atoms with Crippen molar-refractivity contribution in [1.82, 2.24) is 10.3 Å². The monoisotopic (exact) mass is 236 g/mol. The number of pyridine rings is 1. The van der Waals surface area contributed by atoms with Gasteiger partial charge in [-0.3, -0.25) is 4.79 Å². The molecule has 2 unspecified atom stereocenters. The molecule has 0 bridgehead atoms. The van der Waals surface area contributed by atoms with Gasteiger partial charge in [0.05, 0.1) is 5.56 Å². The second kappa shape index (κ2) is 6.20. The van der Waals surface area contributed by atoms with Crippen molar-refractivity contribution in [3.8, 4) is 0 Å². The molecule has 1 aromatic heterocycles. The van der Waals surface area contributed by atoms with E-state index in [9.17, 15) is 4.79 Å². The van der Waals surface area contributed by atoms with E-state index < -0.39 is 0 Å². The molecule has 0 saturated heterocycles. The van der Waals surface area contributed by atoms with Gasteiger partial charge in [0.25, 0.3) is 5.91 Å². The molecule has 4 N–H and O–H groups in total. The highest BCUT2D eigenvalue weighted by Crippen LogP contribution is 2.08. The van der Waals surface area contributed by atoms with E-state index in [2.05, 4.69) is 29.6 Å². The van der Waals surface area contributed by atoms with E-state index in [1.54, 1.807) is 12.1 Å². The number of nitrogens with one attached hydrogen (secondary N) is 2. The van der Waals surface area contributed by atoms with Gasteiger partial charge in [0.2, 0.25) is 0 Å². The number of nitrogens with two attached hydrogens (primary N) is 1. The van der Waals surface area contributed by atoms with Gasteiger partial charge in [-0.15, -0.1) is 0 Å². The molecule has 1 heterocycles. The van der Waals surface area contributed by atoms with E-state index in [1.165, 1.54) is 6.20 Å². The largest absolute Gasteiger partial charge is 0.349 e. The van der Waals surface area contributed by atoms with Crippen molar-refractivity contribution in [2.75, 3.05) is 5.43 Å². The summed E-state index contributed by atoms with van der Waals surface area (Å²) in [6.07, 6.45) is 2.55. The fraction of sp³-hybridized carbons (Fsp3) is 0.500. The average Bonchev–Trinajstić information content (AvgIpc) is 2.37. The molecule has 1 rings (SSSR count). The van der Waals surface area contributed by atoms with Gasteiger partial charge in [-0.05, 0) is 25.0 Å². The molecule has 0 aliphatic carbocycles. The Bertz CT molecular complexity index is 363. The summed E-state index contributed by atoms with van der Waals surface area (Å²) >= 11 is 0. The average molecular weight is 236 g/mol. The van der Waals surface area contributed by atoms with Crippen molar-refractivity contribution in [2.24, 2.45) is 11.8 Å². The van der Waals surface area contributed by atoms with E-state index in [0.717, 1.165) is 6.42 Å². The summed E-state index contributed by atoms with van der Waals surface area (Å²) in [6.45, 7) is 6.23. The molecule has 0 aromatic carbocycles. The smallest absolute Gasteiger partial charge is 0.253 e. The highest BCUT2D eigenvalue weighted by atomic mass is 16.1. The summed E-state index contributed by atoms with van der Waals surface area (Å²) in [7, 11) is 0. The first-order valence-electron chi connectivity index (χ1n) is 5.82. The summed E-state index contributed by atoms with van der Waals surface area (Å²) in [5, 5.41) is 2.95. The standard InChI is InChI=1S/C12H20N4O/c1-4-8(2)9(3)15-12(17)10-5-6-11(16-13)14-7-10/h5-9H,4,13H2,1-3H3,(H,14,16)(H,15,17). The highest BCUT2D eigenvalue weighted by molar-refractivity contribution is 5.94. The Morgan fingerprint density at radius 3 is 2.65 bits per heavy atom. The molecule has 0 saturated carbocycles. The van der Waals surface area contributed by atoms with Crippen LogP contribution < -0.4 is 16.6 Å². The fourth-order valence-corrected chi connectivity index (χ4v) is 1.40. The molecular formula is C12H20N4O. The molecule has 0 spiro atoms. The van der Waals surface area contributed by atoms with Crippen LogP contribution in [0.15, 0.2) is 18.3 Å². The number of nitrogen functional groups attached to an aromatic ring is 1. The van der Waals surface area contributed by atoms with Gasteiger partial charge in [-0.25, -0.2) is 10.8 Å². The maximum atomic E-state index is 11.9. The lowest BCUT2D eigenvalue weighted by molar-refractivity contribution is 0.0928. The van der Waals surface area contributed by atoms with Crippen LogP contribution >= 0.6 is 0 Å². The SMILES string of the molecule is CCC(C)C(C)NC(=O)c1ccc(NN)nc1. The normalized spacial score (nSPS) is 13.9. The predicted octanol–water partition coefficient (Wildman–Crippen LogP) is 1.53. The third-order valence-corrected chi connectivity index (χ3v) is 3.03. The molecule has 2 atom stereocenters. The van der Waals surface area contributed by atoms with Crippen molar-refractivity contribution in [2.45, 2.75) is 33.2 Å². The number of rotatable bonds is 5. The molecule has 0 fully saturated rings. The Morgan fingerprint density at radius 2 is 2.18 bits per heavy atom. The lowest BCUT2D eigenvalue weighted by Crippen LogP contribution is -2.36. The Labute approximate surface area is 102 Å². The number of hydrogen-bond donors (Lipinski definition) is 3. The highest BCUT2D eigenvalue weighted by Gasteiger charge is 2.14. The molecule has 5 heteroatoms. The maximum absolute atomic E-state index is 11.9. The first kappa shape index (κ1) is 13.4. The summed E-state index contributed by atoms with van der Waals surface area (Å²) < 4.78 is 0. The summed E-state index contributed by atoms with van der Waals surface area (Å²) in [5.41, 5.74) is 2.96. The summed E-state index contributed by atoms with van der Waals surface area (Å²) in [5.74, 6) is 6.09. The third kappa shape index (κ3) is 3.71. The zero-order chi connectivity index (χ0) is 12.8. The molecule has 94 valence electrons. The van der Waals surface area contributed by atoms with Crippen LogP contribution in [-0.4, -0.2) is 16.9 Å². The number of amides is 1. The van der Waals surface area contributed by atoms with Crippen molar-refractivity contribution in [3.63, 3.8) is 0 Å². The second-order valence-electron chi connectivity index (χ2n) is 4.22. The molecule has 0 aliphatic rings. The minimum Gasteiger partial charge on any atom is -0.349 e. The minimum atomic E-state index is -0.103. The van der Waals surface area contributed by atoms with Gasteiger partial charge >= 0.3 is 0 Å². The Morgan fingerprint density at radius 1 is 1.47 bits per heavy atom. The lowest BCUT2D eigenvalue weighted by atomic mass is 10.0. The quantitative estimate of drug-likeness (QED) is 0.535. The molecule has 1 aromatic rings. The lowest BCUT2D eigenvalue weighted by Gasteiger charge is -2.19. The first-order valence-corrected chi connectivity index (χ1v) is 5.82. The molecule has 0 aliphatic heterocycles. The zero-order valence-corrected chi connectivity index (χ0v) is 10.5. The van der Waals surface area contributed by atoms with Gasteiger partial charge < -0.3 is 10.7 Å². The van der Waals surface area contributed by atoms with E-state index in [1.807, 2.05) is 6.92 Å². The van der Waals surface area contributed by atoms with Gasteiger partial charge in [0.1, 0.15) is 5.82 Å². The Kier molecular flexibility index (Phi) is 4.90. The van der Waals surface area contributed by atoms with Crippen LogP contribution in [0.3, 0.4) is 0 Å². The van der Waals surface area contributed by atoms with E-state index in [0.29, 0.717) is 17.3 Å². The number of nitrogens with zero attached hydrogens (tertiary/aromatic N) is 1. The predicted molar refractivity (Wildman–Crippen MR) is 68.4 cm³/mol. The molecule has 1 amide bonds. The van der Waals surface area contributed by atoms with Gasteiger partial charge in [-0.1, -0.05) is 20.3 Å². The van der Waals surface area contributed by atoms with Crippen molar-refractivity contribution < 1.29 is 4.79 Å². The Hall–Kier alpha value is -1.62. The number of aromatic nitrogens is 1. The molecular weight excluding hydrogens is 216 g/mol. The van der Waals surface area contributed by atoms with Crippen LogP contribution in [0.25, 0.3) is 0 Å². The minimum absolute atomic E-state index is 0.103. The van der Waals surface area contributed by atoms with Crippen LogP contribution in [0.1, 0.15) is 37.6 Å². The van der Waals surface area contributed by atoms with Crippen molar-refractivity contribution >= 4 is 11.7 Å². The van der Waals surface area contributed by atoms with Crippen molar-refractivity contribution in [1.29, 1.82) is 0 Å². The number of hydrogen-bond acceptors (Lipinski definition) is 4. The fourth-order valence-electron chi connectivity index (χ4n) is 1.40. The van der Waals surface area contributed by atoms with E-state index in [4.69, 9.17) is 5.84 Å². The maximum Gasteiger partial charge on any atom is 0.253 e. The van der Waals surface area contributed by atoms with E-state index >= 15 is 0 Å². The van der Waals surface area contributed by atoms with Crippen LogP contribution in [0.4, 0.5) is 5.82 Å². The third-order valence-electron chi connectivity index (χ3n) is 3.03. The zero-order valence-electron chi connectivity index (χ0n) is 10.5. The first-order chi connectivity index (χ1) is 8.08. The molecule has 17 heavy (non-hydrogen) atoms. The van der Waals surface area contributed by atoms with Gasteiger partial charge in [0, 0.05) is 12.2 Å². The van der Waals surface area contributed by atoms with Crippen LogP contribution in [0.2, 0.25) is 0 Å². The van der Waals surface area contributed by atoms with Gasteiger partial charge in [0.15, 0.2) is 0 Å².